The molecule has 0 saturated heterocycles. The highest BCUT2D eigenvalue weighted by Gasteiger charge is 2.17. The molecule has 6 heteroatoms. The number of carbonyl (C=O) groups excluding carboxylic acids is 3. The van der Waals surface area contributed by atoms with Crippen LogP contribution in [0.3, 0.4) is 0 Å². The third-order valence-electron chi connectivity index (χ3n) is 1.04. The maximum Gasteiger partial charge on any atom is 0.226 e. The van der Waals surface area contributed by atoms with Crippen molar-refractivity contribution >= 4 is 50.5 Å². The van der Waals surface area contributed by atoms with Crippen molar-refractivity contribution in [1.82, 2.24) is 0 Å². The van der Waals surface area contributed by atoms with E-state index < -0.39 is 0 Å². The van der Waals surface area contributed by atoms with Crippen LogP contribution in [0.2, 0.25) is 0 Å². The Kier molecular flexibility index (Phi) is 14.3. The van der Waals surface area contributed by atoms with Crippen molar-refractivity contribution in [3.63, 3.8) is 0 Å². The Hall–Kier alpha value is -0.120. The fourth-order valence-electron chi connectivity index (χ4n) is 0. The molecule has 0 atom stereocenters. The first-order valence-corrected chi connectivity index (χ1v) is 6.01. The topological polar surface area (TPSA) is 51.2 Å². The Balaban J connectivity index is -0.000000180. The summed E-state index contributed by atoms with van der Waals surface area (Å²) in [5.74, 6) is -0.0216. The molecule has 0 amide bonds. The van der Waals surface area contributed by atoms with Gasteiger partial charge in [-0.2, -0.15) is 0 Å². The molecule has 0 aliphatic rings. The molecule has 0 aromatic heterocycles. The van der Waals surface area contributed by atoms with Gasteiger partial charge in [0.2, 0.25) is 15.7 Å². The molecule has 3 nitrogen and oxygen atoms in total. The summed E-state index contributed by atoms with van der Waals surface area (Å²) in [7, 11) is 0. The third-order valence-corrected chi connectivity index (χ3v) is 2.05. The van der Waals surface area contributed by atoms with Crippen molar-refractivity contribution in [2.24, 2.45) is 11.3 Å². The highest BCUT2D eigenvalue weighted by atomic mass is 35.5. The zero-order valence-electron chi connectivity index (χ0n) is 10.9. The van der Waals surface area contributed by atoms with Gasteiger partial charge in [0, 0.05) is 18.3 Å². The minimum absolute atomic E-state index is 0.0216. The maximum absolute atomic E-state index is 10.2. The normalized spacial score (nSPS) is 9.53. The smallest absolute Gasteiger partial charge is 0.226 e. The van der Waals surface area contributed by atoms with E-state index in [1.807, 2.05) is 0 Å². The first kappa shape index (κ1) is 22.1. The van der Waals surface area contributed by atoms with E-state index in [2.05, 4.69) is 11.6 Å². The molecule has 0 aliphatic carbocycles. The van der Waals surface area contributed by atoms with Crippen LogP contribution in [-0.2, 0) is 14.4 Å². The molecule has 0 fully saturated rings. The lowest BCUT2D eigenvalue weighted by Crippen LogP contribution is -2.13. The predicted molar refractivity (Wildman–Crippen MR) is 72.5 cm³/mol. The van der Waals surface area contributed by atoms with Crippen molar-refractivity contribution in [2.75, 3.05) is 0 Å². The second-order valence-electron chi connectivity index (χ2n) is 4.45. The number of halogens is 3. The monoisotopic (exact) mass is 304 g/mol. The van der Waals surface area contributed by atoms with Crippen LogP contribution < -0.4 is 0 Å². The van der Waals surface area contributed by atoms with Gasteiger partial charge in [0.15, 0.2) is 0 Å². The van der Waals surface area contributed by atoms with Crippen molar-refractivity contribution in [2.45, 2.75) is 41.5 Å². The molecule has 0 heterocycles. The minimum atomic E-state index is -0.373. The van der Waals surface area contributed by atoms with Gasteiger partial charge in [-0.25, -0.2) is 0 Å². The molecule has 0 bridgehead atoms. The highest BCUT2D eigenvalue weighted by Crippen LogP contribution is 2.15. The highest BCUT2D eigenvalue weighted by molar-refractivity contribution is 6.64. The fraction of sp³-hybridized carbons (Fsp3) is 0.727. The minimum Gasteiger partial charge on any atom is -0.282 e. The molecule has 17 heavy (non-hydrogen) atoms. The van der Waals surface area contributed by atoms with Crippen molar-refractivity contribution in [3.8, 4) is 0 Å². The molecular formula is C11H19Cl3O3. The number of carbonyl (C=O) groups is 3. The maximum atomic E-state index is 10.2. The van der Waals surface area contributed by atoms with Gasteiger partial charge in [0.1, 0.15) is 0 Å². The second-order valence-corrected chi connectivity index (χ2v) is 5.70. The van der Waals surface area contributed by atoms with Crippen LogP contribution in [0, 0.1) is 11.3 Å². The Morgan fingerprint density at radius 2 is 1.06 bits per heavy atom. The third kappa shape index (κ3) is 31.3. The van der Waals surface area contributed by atoms with E-state index in [0.29, 0.717) is 0 Å². The van der Waals surface area contributed by atoms with E-state index in [1.54, 1.807) is 34.6 Å². The Morgan fingerprint density at radius 3 is 1.06 bits per heavy atom. The lowest BCUT2D eigenvalue weighted by atomic mass is 10.00. The lowest BCUT2D eigenvalue weighted by molar-refractivity contribution is -0.118. The number of hydrogen-bond acceptors (Lipinski definition) is 3. The van der Waals surface area contributed by atoms with Crippen molar-refractivity contribution < 1.29 is 14.4 Å². The number of rotatable bonds is 1. The summed E-state index contributed by atoms with van der Waals surface area (Å²) < 4.78 is 0. The van der Waals surface area contributed by atoms with Crippen LogP contribution in [-0.4, -0.2) is 15.7 Å². The summed E-state index contributed by atoms with van der Waals surface area (Å²) in [5, 5.41) is -0.914. The van der Waals surface area contributed by atoms with Gasteiger partial charge < -0.3 is 0 Å². The van der Waals surface area contributed by atoms with E-state index >= 15 is 0 Å². The molecule has 0 aliphatic heterocycles. The second kappa shape index (κ2) is 11.0. The summed E-state index contributed by atoms with van der Waals surface area (Å²) >= 11 is 14.7. The Bertz CT molecular complexity index is 251. The van der Waals surface area contributed by atoms with Crippen molar-refractivity contribution in [3.05, 3.63) is 0 Å². The fourth-order valence-corrected chi connectivity index (χ4v) is 0. The van der Waals surface area contributed by atoms with Crippen LogP contribution in [0.1, 0.15) is 41.5 Å². The van der Waals surface area contributed by atoms with Crippen LogP contribution in [0.5, 0.6) is 0 Å². The molecule has 102 valence electrons. The standard InChI is InChI=1S/C5H9ClO.C4H7ClO.C2H3ClO/c1-5(2,3)4(6)7;1-3(2)4(5)6;1-2(3)4/h1-3H3;3H,1-2H3;1H3. The molecule has 0 spiro atoms. The summed E-state index contributed by atoms with van der Waals surface area (Å²) in [6.07, 6.45) is 0. The van der Waals surface area contributed by atoms with Gasteiger partial charge in [-0.05, 0) is 34.8 Å². The Morgan fingerprint density at radius 1 is 0.941 bits per heavy atom. The van der Waals surface area contributed by atoms with Crippen LogP contribution in [0.15, 0.2) is 0 Å². The molecule has 0 aromatic carbocycles. The summed E-state index contributed by atoms with van der Waals surface area (Å²) in [4.78, 5) is 29.3. The van der Waals surface area contributed by atoms with E-state index in [1.165, 1.54) is 6.92 Å². The zero-order chi connectivity index (χ0) is 14.8. The van der Waals surface area contributed by atoms with Crippen LogP contribution in [0.4, 0.5) is 0 Å². The van der Waals surface area contributed by atoms with E-state index in [0.717, 1.165) is 0 Å². The van der Waals surface area contributed by atoms with E-state index in [9.17, 15) is 14.4 Å². The van der Waals surface area contributed by atoms with Crippen LogP contribution >= 0.6 is 34.8 Å². The number of hydrogen-bond donors (Lipinski definition) is 0. The van der Waals surface area contributed by atoms with Crippen LogP contribution in [0.25, 0.3) is 0 Å². The molecule has 0 unspecified atom stereocenters. The quantitative estimate of drug-likeness (QED) is 0.689. The molecular weight excluding hydrogens is 286 g/mol. The Labute approximate surface area is 118 Å². The first-order valence-electron chi connectivity index (χ1n) is 4.87. The molecule has 0 rings (SSSR count). The predicted octanol–water partition coefficient (Wildman–Crippen LogP) is 3.98. The first-order chi connectivity index (χ1) is 7.32. The lowest BCUT2D eigenvalue weighted by Gasteiger charge is -2.08. The van der Waals surface area contributed by atoms with E-state index in [4.69, 9.17) is 23.2 Å². The summed E-state index contributed by atoms with van der Waals surface area (Å²) in [6, 6.07) is 0. The SMILES string of the molecule is CC(=O)Cl.CC(C)(C)C(=O)Cl.CC(C)C(=O)Cl. The molecule has 0 aromatic rings. The molecule has 0 radical (unpaired) electrons. The van der Waals surface area contributed by atoms with Gasteiger partial charge in [-0.3, -0.25) is 14.4 Å². The average Bonchev–Trinajstić information content (AvgIpc) is 2.01. The summed E-state index contributed by atoms with van der Waals surface area (Å²) in [6.45, 7) is 10.2. The molecule has 0 N–H and O–H groups in total. The van der Waals surface area contributed by atoms with Crippen molar-refractivity contribution in [1.29, 1.82) is 0 Å². The largest absolute Gasteiger partial charge is 0.282 e. The van der Waals surface area contributed by atoms with Gasteiger partial charge in [0.05, 0.1) is 0 Å². The average molecular weight is 306 g/mol. The molecule has 0 saturated carbocycles. The van der Waals surface area contributed by atoms with E-state index in [-0.39, 0.29) is 27.1 Å². The van der Waals surface area contributed by atoms with Gasteiger partial charge in [0.25, 0.3) is 0 Å². The summed E-state index contributed by atoms with van der Waals surface area (Å²) in [5.41, 5.74) is -0.373. The zero-order valence-corrected chi connectivity index (χ0v) is 13.2. The van der Waals surface area contributed by atoms with Gasteiger partial charge in [-0.15, -0.1) is 0 Å². The van der Waals surface area contributed by atoms with Gasteiger partial charge in [-0.1, -0.05) is 34.6 Å². The van der Waals surface area contributed by atoms with Gasteiger partial charge >= 0.3 is 0 Å².